The van der Waals surface area contributed by atoms with Crippen LogP contribution in [0.2, 0.25) is 0 Å². The van der Waals surface area contributed by atoms with Crippen molar-refractivity contribution in [3.05, 3.63) is 0 Å². The molecular formula is C13H25N3O2. The lowest BCUT2D eigenvalue weighted by Crippen LogP contribution is -2.49. The predicted octanol–water partition coefficient (Wildman–Crippen LogP) is -0.489. The zero-order valence-electron chi connectivity index (χ0n) is 11.3. The van der Waals surface area contributed by atoms with E-state index in [4.69, 9.17) is 0 Å². The summed E-state index contributed by atoms with van der Waals surface area (Å²) in [5.41, 5.74) is 0. The van der Waals surface area contributed by atoms with Crippen LogP contribution >= 0.6 is 0 Å². The lowest BCUT2D eigenvalue weighted by molar-refractivity contribution is -0.138. The Hall–Kier alpha value is -0.650. The predicted molar refractivity (Wildman–Crippen MR) is 70.3 cm³/mol. The van der Waals surface area contributed by atoms with E-state index >= 15 is 0 Å². The Labute approximate surface area is 109 Å². The molecule has 2 saturated heterocycles. The Morgan fingerprint density at radius 2 is 2.11 bits per heavy atom. The second kappa shape index (κ2) is 6.50. The van der Waals surface area contributed by atoms with Crippen molar-refractivity contribution in [3.8, 4) is 0 Å². The lowest BCUT2D eigenvalue weighted by Gasteiger charge is -2.38. The number of carbonyl (C=O) groups excluding carboxylic acids is 1. The van der Waals surface area contributed by atoms with Crippen molar-refractivity contribution in [2.24, 2.45) is 5.92 Å². The molecule has 1 atom stereocenters. The summed E-state index contributed by atoms with van der Waals surface area (Å²) in [4.78, 5) is 16.7. The van der Waals surface area contributed by atoms with Crippen molar-refractivity contribution < 1.29 is 9.90 Å². The van der Waals surface area contributed by atoms with Gasteiger partial charge in [0, 0.05) is 19.1 Å². The highest BCUT2D eigenvalue weighted by Crippen LogP contribution is 2.20. The molecule has 104 valence electrons. The number of piperidine rings is 1. The van der Waals surface area contributed by atoms with Crippen LogP contribution < -0.4 is 5.32 Å². The van der Waals surface area contributed by atoms with E-state index in [-0.39, 0.29) is 18.4 Å². The molecule has 0 aromatic heterocycles. The number of aliphatic hydroxyl groups excluding tert-OH is 1. The summed E-state index contributed by atoms with van der Waals surface area (Å²) >= 11 is 0. The van der Waals surface area contributed by atoms with Crippen LogP contribution in [0.3, 0.4) is 0 Å². The van der Waals surface area contributed by atoms with Gasteiger partial charge in [-0.15, -0.1) is 0 Å². The van der Waals surface area contributed by atoms with Crippen LogP contribution in [0.5, 0.6) is 0 Å². The van der Waals surface area contributed by atoms with Crippen molar-refractivity contribution in [2.45, 2.75) is 25.3 Å². The van der Waals surface area contributed by atoms with E-state index in [1.807, 2.05) is 4.90 Å². The molecule has 0 aromatic carbocycles. The molecule has 2 fully saturated rings. The molecule has 1 unspecified atom stereocenters. The van der Waals surface area contributed by atoms with Gasteiger partial charge in [-0.3, -0.25) is 4.79 Å². The maximum absolute atomic E-state index is 12.5. The standard InChI is InChI=1S/C13H25N3O2/c1-15-6-3-12(4-7-15)16(8-9-17)13(18)11-2-5-14-10-11/h11-12,14,17H,2-10H2,1H3. The number of hydrogen-bond donors (Lipinski definition) is 2. The third kappa shape index (κ3) is 3.22. The summed E-state index contributed by atoms with van der Waals surface area (Å²) in [6.45, 7) is 4.39. The Balaban J connectivity index is 1.95. The topological polar surface area (TPSA) is 55.8 Å². The highest BCUT2D eigenvalue weighted by atomic mass is 16.3. The van der Waals surface area contributed by atoms with Crippen LogP contribution in [-0.4, -0.2) is 73.2 Å². The highest BCUT2D eigenvalue weighted by Gasteiger charge is 2.32. The van der Waals surface area contributed by atoms with Gasteiger partial charge in [0.15, 0.2) is 0 Å². The van der Waals surface area contributed by atoms with E-state index in [1.165, 1.54) is 0 Å². The molecule has 5 nitrogen and oxygen atoms in total. The first kappa shape index (κ1) is 13.8. The zero-order valence-corrected chi connectivity index (χ0v) is 11.3. The molecule has 0 bridgehead atoms. The number of hydrogen-bond acceptors (Lipinski definition) is 4. The quantitative estimate of drug-likeness (QED) is 0.712. The highest BCUT2D eigenvalue weighted by molar-refractivity contribution is 5.79. The Morgan fingerprint density at radius 3 is 2.67 bits per heavy atom. The fraction of sp³-hybridized carbons (Fsp3) is 0.923. The average molecular weight is 255 g/mol. The summed E-state index contributed by atoms with van der Waals surface area (Å²) < 4.78 is 0. The second-order valence-corrected chi connectivity index (χ2v) is 5.48. The van der Waals surface area contributed by atoms with Crippen LogP contribution in [0, 0.1) is 5.92 Å². The average Bonchev–Trinajstić information content (AvgIpc) is 2.90. The fourth-order valence-electron chi connectivity index (χ4n) is 2.99. The monoisotopic (exact) mass is 255 g/mol. The number of amides is 1. The first-order valence-electron chi connectivity index (χ1n) is 7.03. The van der Waals surface area contributed by atoms with E-state index in [0.717, 1.165) is 45.4 Å². The molecule has 2 aliphatic heterocycles. The smallest absolute Gasteiger partial charge is 0.227 e. The van der Waals surface area contributed by atoms with Crippen LogP contribution in [0.25, 0.3) is 0 Å². The number of likely N-dealkylation sites (tertiary alicyclic amines) is 1. The van der Waals surface area contributed by atoms with Crippen LogP contribution in [0.4, 0.5) is 0 Å². The zero-order chi connectivity index (χ0) is 13.0. The molecule has 0 aliphatic carbocycles. The van der Waals surface area contributed by atoms with E-state index < -0.39 is 0 Å². The van der Waals surface area contributed by atoms with Crippen LogP contribution in [0.15, 0.2) is 0 Å². The Morgan fingerprint density at radius 1 is 1.39 bits per heavy atom. The lowest BCUT2D eigenvalue weighted by atomic mass is 10.00. The number of nitrogens with one attached hydrogen (secondary N) is 1. The molecule has 5 heteroatoms. The van der Waals surface area contributed by atoms with E-state index in [9.17, 15) is 9.90 Å². The summed E-state index contributed by atoms with van der Waals surface area (Å²) in [6.07, 6.45) is 3.00. The number of aliphatic hydroxyl groups is 1. The summed E-state index contributed by atoms with van der Waals surface area (Å²) in [5.74, 6) is 0.361. The summed E-state index contributed by atoms with van der Waals surface area (Å²) in [6, 6.07) is 0.321. The second-order valence-electron chi connectivity index (χ2n) is 5.48. The Kier molecular flexibility index (Phi) is 4.97. The molecular weight excluding hydrogens is 230 g/mol. The van der Waals surface area contributed by atoms with Gasteiger partial charge in [-0.1, -0.05) is 0 Å². The van der Waals surface area contributed by atoms with Gasteiger partial charge in [-0.2, -0.15) is 0 Å². The summed E-state index contributed by atoms with van der Waals surface area (Å²) in [7, 11) is 2.12. The van der Waals surface area contributed by atoms with Crippen LogP contribution in [0.1, 0.15) is 19.3 Å². The van der Waals surface area contributed by atoms with Gasteiger partial charge >= 0.3 is 0 Å². The molecule has 18 heavy (non-hydrogen) atoms. The fourth-order valence-corrected chi connectivity index (χ4v) is 2.99. The van der Waals surface area contributed by atoms with E-state index in [2.05, 4.69) is 17.3 Å². The number of carbonyl (C=O) groups is 1. The van der Waals surface area contributed by atoms with Gasteiger partial charge in [-0.05, 0) is 45.9 Å². The van der Waals surface area contributed by atoms with Crippen molar-refractivity contribution in [3.63, 3.8) is 0 Å². The third-order valence-corrected chi connectivity index (χ3v) is 4.16. The van der Waals surface area contributed by atoms with Crippen LogP contribution in [-0.2, 0) is 4.79 Å². The molecule has 2 rings (SSSR count). The molecule has 2 heterocycles. The van der Waals surface area contributed by atoms with Gasteiger partial charge in [0.2, 0.25) is 5.91 Å². The van der Waals surface area contributed by atoms with E-state index in [0.29, 0.717) is 12.6 Å². The van der Waals surface area contributed by atoms with Gasteiger partial charge in [-0.25, -0.2) is 0 Å². The minimum atomic E-state index is 0.0677. The molecule has 0 saturated carbocycles. The third-order valence-electron chi connectivity index (χ3n) is 4.16. The summed E-state index contributed by atoms with van der Waals surface area (Å²) in [5, 5.41) is 12.4. The molecule has 0 aromatic rings. The molecule has 2 aliphatic rings. The first-order valence-corrected chi connectivity index (χ1v) is 7.03. The SMILES string of the molecule is CN1CCC(N(CCO)C(=O)C2CCNC2)CC1. The van der Waals surface area contributed by atoms with Crippen molar-refractivity contribution in [1.29, 1.82) is 0 Å². The van der Waals surface area contributed by atoms with Gasteiger partial charge < -0.3 is 20.2 Å². The molecule has 2 N–H and O–H groups in total. The molecule has 0 radical (unpaired) electrons. The van der Waals surface area contributed by atoms with Gasteiger partial charge in [0.25, 0.3) is 0 Å². The minimum absolute atomic E-state index is 0.0677. The molecule has 0 spiro atoms. The van der Waals surface area contributed by atoms with Crippen molar-refractivity contribution in [2.75, 3.05) is 46.4 Å². The van der Waals surface area contributed by atoms with E-state index in [1.54, 1.807) is 0 Å². The van der Waals surface area contributed by atoms with Crippen molar-refractivity contribution >= 4 is 5.91 Å². The van der Waals surface area contributed by atoms with Crippen molar-refractivity contribution in [1.82, 2.24) is 15.1 Å². The normalized spacial score (nSPS) is 26.4. The maximum atomic E-state index is 12.5. The van der Waals surface area contributed by atoms with Gasteiger partial charge in [0.05, 0.1) is 12.5 Å². The maximum Gasteiger partial charge on any atom is 0.227 e. The Bertz CT molecular complexity index is 271. The van der Waals surface area contributed by atoms with Gasteiger partial charge in [0.1, 0.15) is 0 Å². The largest absolute Gasteiger partial charge is 0.395 e. The number of rotatable bonds is 4. The minimum Gasteiger partial charge on any atom is -0.395 e. The first-order chi connectivity index (χ1) is 8.72. The number of nitrogens with zero attached hydrogens (tertiary/aromatic N) is 2. The molecule has 1 amide bonds.